The molecule has 106 valence electrons. The Morgan fingerprint density at radius 2 is 1.84 bits per heavy atom. The van der Waals surface area contributed by atoms with Crippen LogP contribution in [0.15, 0.2) is 28.7 Å². The lowest BCUT2D eigenvalue weighted by atomic mass is 9.71. The van der Waals surface area contributed by atoms with Crippen molar-refractivity contribution in [3.05, 3.63) is 34.3 Å². The van der Waals surface area contributed by atoms with E-state index < -0.39 is 0 Å². The van der Waals surface area contributed by atoms with Gasteiger partial charge in [0.25, 0.3) is 0 Å². The molecule has 0 radical (unpaired) electrons. The van der Waals surface area contributed by atoms with Gasteiger partial charge in [-0.2, -0.15) is 0 Å². The van der Waals surface area contributed by atoms with Crippen LogP contribution in [0.5, 0.6) is 0 Å². The van der Waals surface area contributed by atoms with Gasteiger partial charge in [-0.3, -0.25) is 0 Å². The maximum atomic E-state index is 3.60. The quantitative estimate of drug-likeness (QED) is 0.661. The van der Waals surface area contributed by atoms with Gasteiger partial charge in [0.2, 0.25) is 0 Å². The number of nitrogens with one attached hydrogen (secondary N) is 1. The minimum absolute atomic E-state index is 0.411. The average molecular weight is 324 g/mol. The fourth-order valence-electron chi connectivity index (χ4n) is 3.01. The minimum atomic E-state index is 0.411. The highest BCUT2D eigenvalue weighted by atomic mass is 79.9. The SMILES string of the molecule is CCCCCCCCC1(c2cccc(Br)c2)CNC1. The van der Waals surface area contributed by atoms with E-state index in [1.807, 2.05) is 0 Å². The Balaban J connectivity index is 1.82. The van der Waals surface area contributed by atoms with Crippen LogP contribution >= 0.6 is 15.9 Å². The van der Waals surface area contributed by atoms with Crippen LogP contribution < -0.4 is 5.32 Å². The largest absolute Gasteiger partial charge is 0.315 e. The van der Waals surface area contributed by atoms with Gasteiger partial charge >= 0.3 is 0 Å². The zero-order valence-corrected chi connectivity index (χ0v) is 13.6. The van der Waals surface area contributed by atoms with Gasteiger partial charge in [0, 0.05) is 23.0 Å². The third kappa shape index (κ3) is 4.06. The van der Waals surface area contributed by atoms with E-state index in [9.17, 15) is 0 Å². The van der Waals surface area contributed by atoms with E-state index in [0.717, 1.165) is 13.1 Å². The van der Waals surface area contributed by atoms with Gasteiger partial charge in [0.15, 0.2) is 0 Å². The number of rotatable bonds is 8. The normalized spacial score (nSPS) is 17.2. The van der Waals surface area contributed by atoms with Gasteiger partial charge in [-0.25, -0.2) is 0 Å². The second-order valence-corrected chi connectivity index (χ2v) is 6.83. The first-order valence-corrected chi connectivity index (χ1v) is 8.53. The van der Waals surface area contributed by atoms with Crippen LogP contribution in [0.25, 0.3) is 0 Å². The van der Waals surface area contributed by atoms with Crippen molar-refractivity contribution < 1.29 is 0 Å². The molecule has 0 amide bonds. The Hall–Kier alpha value is -0.340. The van der Waals surface area contributed by atoms with E-state index in [4.69, 9.17) is 0 Å². The van der Waals surface area contributed by atoms with Crippen LogP contribution in [0.4, 0.5) is 0 Å². The lowest BCUT2D eigenvalue weighted by molar-refractivity contribution is 0.249. The summed E-state index contributed by atoms with van der Waals surface area (Å²) >= 11 is 3.60. The Bertz CT molecular complexity index is 385. The smallest absolute Gasteiger partial charge is 0.0203 e. The van der Waals surface area contributed by atoms with Gasteiger partial charge in [-0.1, -0.05) is 73.5 Å². The van der Waals surface area contributed by atoms with Crippen LogP contribution in [-0.2, 0) is 5.41 Å². The Labute approximate surface area is 126 Å². The molecule has 1 heterocycles. The summed E-state index contributed by atoms with van der Waals surface area (Å²) in [5.74, 6) is 0. The molecule has 0 spiro atoms. The molecule has 1 fully saturated rings. The lowest BCUT2D eigenvalue weighted by Crippen LogP contribution is -2.56. The highest BCUT2D eigenvalue weighted by molar-refractivity contribution is 9.10. The average Bonchev–Trinajstić information content (AvgIpc) is 2.36. The molecule has 1 nitrogen and oxygen atoms in total. The molecule has 0 bridgehead atoms. The standard InChI is InChI=1S/C17H26BrN/c1-2-3-4-5-6-7-11-17(13-19-14-17)15-9-8-10-16(18)12-15/h8-10,12,19H,2-7,11,13-14H2,1H3. The van der Waals surface area contributed by atoms with Crippen LogP contribution in [-0.4, -0.2) is 13.1 Å². The summed E-state index contributed by atoms with van der Waals surface area (Å²) < 4.78 is 1.21. The molecule has 0 aromatic heterocycles. The fraction of sp³-hybridized carbons (Fsp3) is 0.647. The molecule has 1 N–H and O–H groups in total. The van der Waals surface area contributed by atoms with Crippen molar-refractivity contribution in [3.8, 4) is 0 Å². The Morgan fingerprint density at radius 3 is 2.47 bits per heavy atom. The first-order chi connectivity index (χ1) is 9.27. The molecule has 1 aliphatic rings. The summed E-state index contributed by atoms with van der Waals surface area (Å²) in [6, 6.07) is 8.88. The summed E-state index contributed by atoms with van der Waals surface area (Å²) in [5.41, 5.74) is 1.92. The molecule has 1 aromatic carbocycles. The maximum Gasteiger partial charge on any atom is 0.0203 e. The molecule has 1 aromatic rings. The molecule has 1 saturated heterocycles. The molecule has 0 unspecified atom stereocenters. The summed E-state index contributed by atoms with van der Waals surface area (Å²) in [6.45, 7) is 4.58. The van der Waals surface area contributed by atoms with Crippen molar-refractivity contribution >= 4 is 15.9 Å². The van der Waals surface area contributed by atoms with E-state index in [-0.39, 0.29) is 0 Å². The molecule has 0 saturated carbocycles. The zero-order chi connectivity index (χ0) is 13.6. The second kappa shape index (κ2) is 7.44. The van der Waals surface area contributed by atoms with E-state index in [1.165, 1.54) is 55.0 Å². The van der Waals surface area contributed by atoms with E-state index in [0.29, 0.717) is 5.41 Å². The number of unbranched alkanes of at least 4 members (excludes halogenated alkanes) is 5. The van der Waals surface area contributed by atoms with Crippen molar-refractivity contribution in [3.63, 3.8) is 0 Å². The van der Waals surface area contributed by atoms with Crippen LogP contribution in [0.2, 0.25) is 0 Å². The molecular formula is C17H26BrN. The van der Waals surface area contributed by atoms with Crippen LogP contribution in [0.1, 0.15) is 57.4 Å². The number of hydrogen-bond donors (Lipinski definition) is 1. The third-order valence-corrected chi connectivity index (χ3v) is 4.87. The van der Waals surface area contributed by atoms with Crippen molar-refractivity contribution in [1.29, 1.82) is 0 Å². The first kappa shape index (κ1) is 15.1. The van der Waals surface area contributed by atoms with Gasteiger partial charge < -0.3 is 5.32 Å². The van der Waals surface area contributed by atoms with E-state index in [2.05, 4.69) is 52.4 Å². The predicted octanol–water partition coefficient (Wildman–Crippen LogP) is 5.04. The third-order valence-electron chi connectivity index (χ3n) is 4.37. The monoisotopic (exact) mass is 323 g/mol. The zero-order valence-electron chi connectivity index (χ0n) is 12.1. The minimum Gasteiger partial charge on any atom is -0.315 e. The molecular weight excluding hydrogens is 298 g/mol. The lowest BCUT2D eigenvalue weighted by Gasteiger charge is -2.43. The number of halogens is 1. The first-order valence-electron chi connectivity index (χ1n) is 7.74. The van der Waals surface area contributed by atoms with Gasteiger partial charge in [0.05, 0.1) is 0 Å². The molecule has 2 rings (SSSR count). The van der Waals surface area contributed by atoms with E-state index in [1.54, 1.807) is 0 Å². The van der Waals surface area contributed by atoms with Gasteiger partial charge in [-0.15, -0.1) is 0 Å². The highest BCUT2D eigenvalue weighted by Gasteiger charge is 2.37. The summed E-state index contributed by atoms with van der Waals surface area (Å²) in [5, 5.41) is 3.47. The molecule has 0 aliphatic carbocycles. The predicted molar refractivity (Wildman–Crippen MR) is 86.7 cm³/mol. The summed E-state index contributed by atoms with van der Waals surface area (Å²) in [7, 11) is 0. The van der Waals surface area contributed by atoms with Crippen molar-refractivity contribution in [2.75, 3.05) is 13.1 Å². The summed E-state index contributed by atoms with van der Waals surface area (Å²) in [6.07, 6.45) is 9.68. The maximum absolute atomic E-state index is 3.60. The van der Waals surface area contributed by atoms with Crippen molar-refractivity contribution in [2.24, 2.45) is 0 Å². The summed E-state index contributed by atoms with van der Waals surface area (Å²) in [4.78, 5) is 0. The van der Waals surface area contributed by atoms with Crippen molar-refractivity contribution in [1.82, 2.24) is 5.32 Å². The topological polar surface area (TPSA) is 12.0 Å². The molecule has 0 atom stereocenters. The number of benzene rings is 1. The highest BCUT2D eigenvalue weighted by Crippen LogP contribution is 2.35. The second-order valence-electron chi connectivity index (χ2n) is 5.91. The fourth-order valence-corrected chi connectivity index (χ4v) is 3.41. The molecule has 19 heavy (non-hydrogen) atoms. The van der Waals surface area contributed by atoms with Crippen LogP contribution in [0, 0.1) is 0 Å². The Morgan fingerprint density at radius 1 is 1.11 bits per heavy atom. The van der Waals surface area contributed by atoms with Gasteiger partial charge in [0.1, 0.15) is 0 Å². The van der Waals surface area contributed by atoms with Gasteiger partial charge in [-0.05, 0) is 24.1 Å². The number of hydrogen-bond acceptors (Lipinski definition) is 1. The molecule has 1 aliphatic heterocycles. The van der Waals surface area contributed by atoms with Crippen LogP contribution in [0.3, 0.4) is 0 Å². The van der Waals surface area contributed by atoms with E-state index >= 15 is 0 Å². The molecule has 2 heteroatoms. The Kier molecular flexibility index (Phi) is 5.90. The van der Waals surface area contributed by atoms with Crippen molar-refractivity contribution in [2.45, 2.75) is 57.3 Å².